The third kappa shape index (κ3) is 5.49. The van der Waals surface area contributed by atoms with Crippen LogP contribution < -0.4 is 14.8 Å². The largest absolute Gasteiger partial charge is 0.493 e. The molecule has 1 N–H and O–H groups in total. The number of aryl methyl sites for hydroxylation is 1. The van der Waals surface area contributed by atoms with Crippen LogP contribution in [0.2, 0.25) is 0 Å². The van der Waals surface area contributed by atoms with Crippen molar-refractivity contribution >= 4 is 33.7 Å². The summed E-state index contributed by atoms with van der Waals surface area (Å²) in [5.74, 6) is 0.878. The van der Waals surface area contributed by atoms with Crippen molar-refractivity contribution in [3.63, 3.8) is 0 Å². The third-order valence-corrected chi connectivity index (χ3v) is 3.85. The Hall–Kier alpha value is -2.54. The molecule has 0 aromatic heterocycles. The van der Waals surface area contributed by atoms with E-state index in [1.807, 2.05) is 31.2 Å². The molecule has 6 nitrogen and oxygen atoms in total. The number of rotatable bonds is 7. The average Bonchev–Trinajstić information content (AvgIpc) is 2.60. The molecule has 0 saturated heterocycles. The van der Waals surface area contributed by atoms with Gasteiger partial charge < -0.3 is 19.6 Å². The number of halogens is 1. The van der Waals surface area contributed by atoms with Gasteiger partial charge in [-0.1, -0.05) is 22.9 Å². The van der Waals surface area contributed by atoms with Crippen LogP contribution in [0.5, 0.6) is 11.5 Å². The first-order chi connectivity index (χ1) is 12.0. The van der Waals surface area contributed by atoms with Crippen LogP contribution in [0.1, 0.15) is 11.1 Å². The van der Waals surface area contributed by atoms with E-state index in [0.29, 0.717) is 17.2 Å². The molecule has 0 saturated carbocycles. The molecular formula is C18H19BrN2O4. The van der Waals surface area contributed by atoms with Gasteiger partial charge >= 0.3 is 0 Å². The smallest absolute Gasteiger partial charge is 0.265 e. The van der Waals surface area contributed by atoms with Crippen molar-refractivity contribution in [3.8, 4) is 11.5 Å². The fourth-order valence-corrected chi connectivity index (χ4v) is 2.66. The molecule has 2 aromatic rings. The minimum Gasteiger partial charge on any atom is -0.493 e. The standard InChI is InChI=1S/C18H19BrN2O4/c1-12-4-6-14(7-5-12)21-17(22)11-25-20-10-13-8-15(19)18(24-3)16(9-13)23-2/h4-10H,11H2,1-3H3,(H,21,22)/b20-10+. The Kier molecular flexibility index (Phi) is 6.82. The molecule has 2 aromatic carbocycles. The normalized spacial score (nSPS) is 10.6. The van der Waals surface area contributed by atoms with Crippen LogP contribution in [0.4, 0.5) is 5.69 Å². The number of benzene rings is 2. The van der Waals surface area contributed by atoms with Crippen molar-refractivity contribution in [2.75, 3.05) is 26.1 Å². The van der Waals surface area contributed by atoms with Crippen LogP contribution in [0.25, 0.3) is 0 Å². The zero-order chi connectivity index (χ0) is 18.2. The fraction of sp³-hybridized carbons (Fsp3) is 0.222. The lowest BCUT2D eigenvalue weighted by Gasteiger charge is -2.10. The van der Waals surface area contributed by atoms with E-state index >= 15 is 0 Å². The minimum absolute atomic E-state index is 0.182. The van der Waals surface area contributed by atoms with Crippen LogP contribution in [-0.2, 0) is 9.63 Å². The zero-order valence-corrected chi connectivity index (χ0v) is 15.8. The van der Waals surface area contributed by atoms with Crippen LogP contribution in [0, 0.1) is 6.92 Å². The van der Waals surface area contributed by atoms with E-state index in [2.05, 4.69) is 26.4 Å². The molecule has 0 atom stereocenters. The number of hydrogen-bond donors (Lipinski definition) is 1. The summed E-state index contributed by atoms with van der Waals surface area (Å²) in [4.78, 5) is 16.8. The van der Waals surface area contributed by atoms with E-state index in [4.69, 9.17) is 14.3 Å². The van der Waals surface area contributed by atoms with Crippen molar-refractivity contribution in [2.45, 2.75) is 6.92 Å². The van der Waals surface area contributed by atoms with Gasteiger partial charge in [-0.3, -0.25) is 4.79 Å². The SMILES string of the molecule is COc1cc(/C=N/OCC(=O)Nc2ccc(C)cc2)cc(Br)c1OC. The summed E-state index contributed by atoms with van der Waals surface area (Å²) in [6.07, 6.45) is 1.49. The maximum Gasteiger partial charge on any atom is 0.265 e. The first kappa shape index (κ1) is 18.8. The van der Waals surface area contributed by atoms with Gasteiger partial charge in [-0.2, -0.15) is 0 Å². The minimum atomic E-state index is -0.283. The highest BCUT2D eigenvalue weighted by atomic mass is 79.9. The Bertz CT molecular complexity index is 760. The lowest BCUT2D eigenvalue weighted by molar-refractivity contribution is -0.120. The van der Waals surface area contributed by atoms with E-state index in [1.54, 1.807) is 26.4 Å². The molecule has 0 aliphatic rings. The lowest BCUT2D eigenvalue weighted by Crippen LogP contribution is -2.16. The zero-order valence-electron chi connectivity index (χ0n) is 14.2. The van der Waals surface area contributed by atoms with Gasteiger partial charge in [0.2, 0.25) is 0 Å². The first-order valence-electron chi connectivity index (χ1n) is 7.47. The van der Waals surface area contributed by atoms with Gasteiger partial charge in [0.1, 0.15) is 0 Å². The second-order valence-corrected chi connectivity index (χ2v) is 6.01. The summed E-state index contributed by atoms with van der Waals surface area (Å²) in [6.45, 7) is 1.80. The summed E-state index contributed by atoms with van der Waals surface area (Å²) in [7, 11) is 3.11. The molecule has 0 fully saturated rings. The van der Waals surface area contributed by atoms with Gasteiger partial charge in [-0.15, -0.1) is 0 Å². The van der Waals surface area contributed by atoms with Gasteiger partial charge in [0.25, 0.3) is 5.91 Å². The Balaban J connectivity index is 1.89. The van der Waals surface area contributed by atoms with Crippen LogP contribution >= 0.6 is 15.9 Å². The number of oxime groups is 1. The summed E-state index contributed by atoms with van der Waals surface area (Å²) in [5.41, 5.74) is 2.58. The molecule has 0 bridgehead atoms. The Morgan fingerprint density at radius 1 is 1.20 bits per heavy atom. The van der Waals surface area contributed by atoms with Gasteiger partial charge in [0.05, 0.1) is 24.9 Å². The van der Waals surface area contributed by atoms with Crippen molar-refractivity contribution in [2.24, 2.45) is 5.16 Å². The van der Waals surface area contributed by atoms with Gasteiger partial charge in [0, 0.05) is 11.3 Å². The molecule has 7 heteroatoms. The molecule has 132 valence electrons. The maximum absolute atomic E-state index is 11.8. The first-order valence-corrected chi connectivity index (χ1v) is 8.26. The van der Waals surface area contributed by atoms with E-state index < -0.39 is 0 Å². The predicted molar refractivity (Wildman–Crippen MR) is 101 cm³/mol. The number of carbonyl (C=O) groups excluding carboxylic acids is 1. The van der Waals surface area contributed by atoms with Crippen molar-refractivity contribution in [1.29, 1.82) is 0 Å². The van der Waals surface area contributed by atoms with E-state index in [9.17, 15) is 4.79 Å². The van der Waals surface area contributed by atoms with E-state index in [-0.39, 0.29) is 12.5 Å². The molecule has 0 aliphatic heterocycles. The summed E-state index contributed by atoms with van der Waals surface area (Å²) in [6, 6.07) is 11.1. The molecule has 0 heterocycles. The number of nitrogens with one attached hydrogen (secondary N) is 1. The second-order valence-electron chi connectivity index (χ2n) is 5.16. The Morgan fingerprint density at radius 2 is 1.92 bits per heavy atom. The summed E-state index contributed by atoms with van der Waals surface area (Å²) in [5, 5.41) is 6.53. The molecular weight excluding hydrogens is 388 g/mol. The maximum atomic E-state index is 11.8. The van der Waals surface area contributed by atoms with Gasteiger partial charge in [-0.25, -0.2) is 0 Å². The Morgan fingerprint density at radius 3 is 2.56 bits per heavy atom. The van der Waals surface area contributed by atoms with Crippen LogP contribution in [0.15, 0.2) is 46.0 Å². The summed E-state index contributed by atoms with van der Waals surface area (Å²) < 4.78 is 11.2. The van der Waals surface area contributed by atoms with Gasteiger partial charge in [-0.05, 0) is 47.1 Å². The van der Waals surface area contributed by atoms with Gasteiger partial charge in [0.15, 0.2) is 18.1 Å². The lowest BCUT2D eigenvalue weighted by atomic mass is 10.2. The highest BCUT2D eigenvalue weighted by Crippen LogP contribution is 2.35. The number of hydrogen-bond acceptors (Lipinski definition) is 5. The van der Waals surface area contributed by atoms with Crippen LogP contribution in [0.3, 0.4) is 0 Å². The molecule has 0 aliphatic carbocycles. The van der Waals surface area contributed by atoms with Crippen molar-refractivity contribution in [1.82, 2.24) is 0 Å². The number of ether oxygens (including phenoxy) is 2. The highest BCUT2D eigenvalue weighted by molar-refractivity contribution is 9.10. The van der Waals surface area contributed by atoms with Crippen molar-refractivity contribution in [3.05, 3.63) is 52.0 Å². The number of anilines is 1. The van der Waals surface area contributed by atoms with Crippen LogP contribution in [-0.4, -0.2) is 32.9 Å². The molecule has 25 heavy (non-hydrogen) atoms. The second kappa shape index (κ2) is 9.08. The number of amides is 1. The quantitative estimate of drug-likeness (QED) is 0.561. The van der Waals surface area contributed by atoms with Crippen molar-refractivity contribution < 1.29 is 19.1 Å². The monoisotopic (exact) mass is 406 g/mol. The van der Waals surface area contributed by atoms with E-state index in [0.717, 1.165) is 15.6 Å². The Labute approximate surface area is 154 Å². The number of methoxy groups -OCH3 is 2. The topological polar surface area (TPSA) is 69.2 Å². The summed E-state index contributed by atoms with van der Waals surface area (Å²) >= 11 is 3.40. The molecule has 2 rings (SSSR count). The number of carbonyl (C=O) groups is 1. The molecule has 1 amide bonds. The predicted octanol–water partition coefficient (Wildman–Crippen LogP) is 3.76. The molecule has 0 unspecified atom stereocenters. The third-order valence-electron chi connectivity index (χ3n) is 3.26. The average molecular weight is 407 g/mol. The highest BCUT2D eigenvalue weighted by Gasteiger charge is 2.09. The fourth-order valence-electron chi connectivity index (χ4n) is 2.04. The number of nitrogens with zero attached hydrogens (tertiary/aromatic N) is 1. The van der Waals surface area contributed by atoms with E-state index in [1.165, 1.54) is 6.21 Å². The molecule has 0 radical (unpaired) electrons. The molecule has 0 spiro atoms.